The Balaban J connectivity index is 1.76. The van der Waals surface area contributed by atoms with E-state index in [-0.39, 0.29) is 23.3 Å². The Morgan fingerprint density at radius 3 is 2.81 bits per heavy atom. The van der Waals surface area contributed by atoms with Gasteiger partial charge in [0.2, 0.25) is 0 Å². The van der Waals surface area contributed by atoms with Gasteiger partial charge in [-0.3, -0.25) is 14.2 Å². The van der Waals surface area contributed by atoms with Gasteiger partial charge in [0, 0.05) is 27.7 Å². The maximum Gasteiger partial charge on any atom is 0.261 e. The summed E-state index contributed by atoms with van der Waals surface area (Å²) in [5.74, 6) is -0.175. The summed E-state index contributed by atoms with van der Waals surface area (Å²) in [7, 11) is 0. The first-order chi connectivity index (χ1) is 13.0. The van der Waals surface area contributed by atoms with Gasteiger partial charge < -0.3 is 4.98 Å². The molecule has 7 heteroatoms. The molecule has 0 fully saturated rings. The number of fused-ring (bicyclic) bond motifs is 2. The number of hydrogen-bond acceptors (Lipinski definition) is 3. The van der Waals surface area contributed by atoms with E-state index in [0.717, 1.165) is 22.9 Å². The number of carbonyl (C=O) groups is 1. The first-order valence-corrected chi connectivity index (χ1v) is 9.21. The molecule has 0 saturated heterocycles. The normalized spacial score (nSPS) is 11.4. The molecule has 2 heterocycles. The number of Topliss-reactive ketones (excluding diaryl/α,β-unsaturated/α-hetero) is 1. The van der Waals surface area contributed by atoms with Crippen LogP contribution < -0.4 is 5.56 Å². The van der Waals surface area contributed by atoms with Crippen LogP contribution in [0, 0.1) is 0 Å². The Labute approximate surface area is 164 Å². The lowest BCUT2D eigenvalue weighted by Crippen LogP contribution is -2.24. The predicted octanol–water partition coefficient (Wildman–Crippen LogP) is 4.63. The number of ketones is 1. The number of hydrogen-bond donors (Lipinski definition) is 1. The van der Waals surface area contributed by atoms with Gasteiger partial charge in [-0.15, -0.1) is 0 Å². The number of aromatic nitrogens is 3. The van der Waals surface area contributed by atoms with Gasteiger partial charge in [-0.05, 0) is 24.1 Å². The summed E-state index contributed by atoms with van der Waals surface area (Å²) in [6, 6.07) is 8.90. The van der Waals surface area contributed by atoms with E-state index in [9.17, 15) is 9.59 Å². The van der Waals surface area contributed by atoms with Crippen LogP contribution in [0.3, 0.4) is 0 Å². The summed E-state index contributed by atoms with van der Waals surface area (Å²) in [5.41, 5.74) is 2.66. The summed E-state index contributed by atoms with van der Waals surface area (Å²) in [6.45, 7) is 1.95. The minimum atomic E-state index is -0.355. The average molecular weight is 400 g/mol. The first-order valence-electron chi connectivity index (χ1n) is 8.46. The zero-order valence-electron chi connectivity index (χ0n) is 14.4. The summed E-state index contributed by atoms with van der Waals surface area (Å²) in [5, 5.41) is 1.79. The number of nitrogens with zero attached hydrogens (tertiary/aromatic N) is 2. The van der Waals surface area contributed by atoms with Crippen LogP contribution in [0.2, 0.25) is 10.0 Å². The SMILES string of the molecule is CCc1cccc2c(C(=O)Cn3cnc4c(Cl)cc(Cl)cc4c3=O)c[nH]c12. The van der Waals surface area contributed by atoms with Crippen molar-refractivity contribution < 1.29 is 4.79 Å². The summed E-state index contributed by atoms with van der Waals surface area (Å²) >= 11 is 12.1. The Bertz CT molecular complexity index is 1260. The molecule has 0 amide bonds. The second kappa shape index (κ2) is 6.83. The number of aryl methyl sites for hydroxylation is 1. The maximum atomic E-state index is 12.9. The Kier molecular flexibility index (Phi) is 4.50. The molecule has 0 spiro atoms. The van der Waals surface area contributed by atoms with Crippen LogP contribution in [0.15, 0.2) is 47.7 Å². The molecule has 0 aliphatic carbocycles. The van der Waals surface area contributed by atoms with Crippen molar-refractivity contribution in [2.45, 2.75) is 19.9 Å². The lowest BCUT2D eigenvalue weighted by Gasteiger charge is -2.07. The second-order valence-corrected chi connectivity index (χ2v) is 7.12. The molecule has 1 N–H and O–H groups in total. The molecule has 0 bridgehead atoms. The quantitative estimate of drug-likeness (QED) is 0.508. The molecule has 2 aromatic carbocycles. The fourth-order valence-electron chi connectivity index (χ4n) is 3.29. The van der Waals surface area contributed by atoms with E-state index in [1.165, 1.54) is 23.0 Å². The number of aromatic amines is 1. The monoisotopic (exact) mass is 399 g/mol. The van der Waals surface area contributed by atoms with Gasteiger partial charge >= 0.3 is 0 Å². The number of nitrogens with one attached hydrogen (secondary N) is 1. The summed E-state index contributed by atoms with van der Waals surface area (Å²) < 4.78 is 1.28. The zero-order chi connectivity index (χ0) is 19.1. The molecule has 4 rings (SSSR count). The fourth-order valence-corrected chi connectivity index (χ4v) is 3.83. The van der Waals surface area contributed by atoms with Crippen LogP contribution in [0.5, 0.6) is 0 Å². The highest BCUT2D eigenvalue weighted by Crippen LogP contribution is 2.25. The molecule has 0 atom stereocenters. The Morgan fingerprint density at radius 2 is 2.04 bits per heavy atom. The maximum absolute atomic E-state index is 12.9. The van der Waals surface area contributed by atoms with Crippen molar-refractivity contribution >= 4 is 50.8 Å². The lowest BCUT2D eigenvalue weighted by molar-refractivity contribution is 0.0972. The molecular formula is C20H15Cl2N3O2. The zero-order valence-corrected chi connectivity index (χ0v) is 15.9. The van der Waals surface area contributed by atoms with Crippen LogP contribution in [0.4, 0.5) is 0 Å². The van der Waals surface area contributed by atoms with Crippen molar-refractivity contribution in [3.05, 3.63) is 74.4 Å². The number of carbonyl (C=O) groups excluding carboxylic acids is 1. The van der Waals surface area contributed by atoms with Gasteiger partial charge in [-0.2, -0.15) is 0 Å². The largest absolute Gasteiger partial charge is 0.360 e. The molecule has 136 valence electrons. The van der Waals surface area contributed by atoms with E-state index in [2.05, 4.69) is 16.9 Å². The molecule has 0 aliphatic heterocycles. The van der Waals surface area contributed by atoms with Crippen LogP contribution in [0.1, 0.15) is 22.8 Å². The lowest BCUT2D eigenvalue weighted by atomic mass is 10.0. The van der Waals surface area contributed by atoms with Gasteiger partial charge in [0.15, 0.2) is 5.78 Å². The summed E-state index contributed by atoms with van der Waals surface area (Å²) in [6.07, 6.45) is 3.90. The smallest absolute Gasteiger partial charge is 0.261 e. The molecule has 0 saturated carbocycles. The van der Waals surface area contributed by atoms with Crippen LogP contribution >= 0.6 is 23.2 Å². The highest BCUT2D eigenvalue weighted by atomic mass is 35.5. The van der Waals surface area contributed by atoms with Crippen LogP contribution in [-0.2, 0) is 13.0 Å². The van der Waals surface area contributed by atoms with Crippen molar-refractivity contribution in [2.24, 2.45) is 0 Å². The van der Waals surface area contributed by atoms with Gasteiger partial charge in [0.1, 0.15) is 0 Å². The van der Waals surface area contributed by atoms with Crippen LogP contribution in [0.25, 0.3) is 21.8 Å². The highest BCUT2D eigenvalue weighted by Gasteiger charge is 2.16. The van der Waals surface area contributed by atoms with E-state index < -0.39 is 0 Å². The Hall–Kier alpha value is -2.63. The molecule has 0 unspecified atom stereocenters. The topological polar surface area (TPSA) is 67.8 Å². The highest BCUT2D eigenvalue weighted by molar-refractivity contribution is 6.38. The Morgan fingerprint density at radius 1 is 1.22 bits per heavy atom. The van der Waals surface area contributed by atoms with Gasteiger partial charge in [-0.25, -0.2) is 4.98 Å². The van der Waals surface area contributed by atoms with E-state index in [1.807, 2.05) is 18.2 Å². The van der Waals surface area contributed by atoms with Crippen LogP contribution in [-0.4, -0.2) is 20.3 Å². The minimum absolute atomic E-state index is 0.116. The third-order valence-electron chi connectivity index (χ3n) is 4.64. The fraction of sp³-hybridized carbons (Fsp3) is 0.150. The van der Waals surface area contributed by atoms with E-state index >= 15 is 0 Å². The molecule has 0 aliphatic rings. The van der Waals surface area contributed by atoms with Crippen molar-refractivity contribution in [2.75, 3.05) is 0 Å². The van der Waals surface area contributed by atoms with Gasteiger partial charge in [0.25, 0.3) is 5.56 Å². The minimum Gasteiger partial charge on any atom is -0.360 e. The van der Waals surface area contributed by atoms with Gasteiger partial charge in [-0.1, -0.05) is 48.3 Å². The third-order valence-corrected chi connectivity index (χ3v) is 5.15. The molecule has 0 radical (unpaired) electrons. The molecular weight excluding hydrogens is 385 g/mol. The summed E-state index contributed by atoms with van der Waals surface area (Å²) in [4.78, 5) is 33.0. The van der Waals surface area contributed by atoms with E-state index in [1.54, 1.807) is 6.20 Å². The van der Waals surface area contributed by atoms with Crippen molar-refractivity contribution in [3.8, 4) is 0 Å². The molecule has 27 heavy (non-hydrogen) atoms. The van der Waals surface area contributed by atoms with E-state index in [4.69, 9.17) is 23.2 Å². The predicted molar refractivity (Wildman–Crippen MR) is 108 cm³/mol. The molecule has 4 aromatic rings. The first kappa shape index (κ1) is 17.8. The van der Waals surface area contributed by atoms with Gasteiger partial charge in [0.05, 0.1) is 28.8 Å². The van der Waals surface area contributed by atoms with E-state index in [0.29, 0.717) is 21.1 Å². The molecule has 2 aromatic heterocycles. The standard InChI is InChI=1S/C20H15Cl2N3O2/c1-2-11-4-3-5-13-15(8-23-18(11)13)17(26)9-25-10-24-19-14(20(25)27)6-12(21)7-16(19)22/h3-8,10,23H,2,9H2,1H3. The number of rotatable bonds is 4. The van der Waals surface area contributed by atoms with Crippen molar-refractivity contribution in [3.63, 3.8) is 0 Å². The number of halogens is 2. The van der Waals surface area contributed by atoms with Crippen molar-refractivity contribution in [1.82, 2.24) is 14.5 Å². The van der Waals surface area contributed by atoms with Crippen molar-refractivity contribution in [1.29, 1.82) is 0 Å². The number of para-hydroxylation sites is 1. The molecule has 5 nitrogen and oxygen atoms in total. The third kappa shape index (κ3) is 3.03. The second-order valence-electron chi connectivity index (χ2n) is 6.28. The average Bonchev–Trinajstić information content (AvgIpc) is 3.08. The number of benzene rings is 2. The number of H-pyrrole nitrogens is 1.